The van der Waals surface area contributed by atoms with E-state index in [1.165, 1.54) is 11.8 Å². The molecule has 24 heavy (non-hydrogen) atoms. The van der Waals surface area contributed by atoms with E-state index >= 15 is 0 Å². The van der Waals surface area contributed by atoms with Gasteiger partial charge in [0.05, 0.1) is 11.4 Å². The van der Waals surface area contributed by atoms with Gasteiger partial charge in [0.2, 0.25) is 5.91 Å². The highest BCUT2D eigenvalue weighted by molar-refractivity contribution is 8.00. The fraction of sp³-hybridized carbons (Fsp3) is 0.176. The summed E-state index contributed by atoms with van der Waals surface area (Å²) in [6, 6.07) is 14.5. The molecule has 2 aromatic carbocycles. The predicted octanol–water partition coefficient (Wildman–Crippen LogP) is 3.28. The second kappa shape index (κ2) is 9.20. The van der Waals surface area contributed by atoms with Crippen LogP contribution in [0.2, 0.25) is 5.02 Å². The van der Waals surface area contributed by atoms with Crippen LogP contribution in [0.15, 0.2) is 53.4 Å². The van der Waals surface area contributed by atoms with Crippen LogP contribution in [0.3, 0.4) is 0 Å². The first-order valence-corrected chi connectivity index (χ1v) is 8.70. The van der Waals surface area contributed by atoms with Crippen molar-refractivity contribution in [2.24, 2.45) is 5.73 Å². The largest absolute Gasteiger partial charge is 0.369 e. The Hall–Kier alpha value is -2.18. The van der Waals surface area contributed by atoms with Crippen molar-refractivity contribution in [2.45, 2.75) is 11.3 Å². The summed E-state index contributed by atoms with van der Waals surface area (Å²) in [4.78, 5) is 23.7. The normalized spacial score (nSPS) is 10.2. The van der Waals surface area contributed by atoms with E-state index in [9.17, 15) is 9.59 Å². The highest BCUT2D eigenvalue weighted by atomic mass is 35.5. The van der Waals surface area contributed by atoms with Crippen molar-refractivity contribution >= 4 is 41.0 Å². The summed E-state index contributed by atoms with van der Waals surface area (Å²) in [6.45, 7) is 0.504. The van der Waals surface area contributed by atoms with E-state index in [4.69, 9.17) is 17.3 Å². The van der Waals surface area contributed by atoms with Crippen molar-refractivity contribution in [3.63, 3.8) is 0 Å². The number of carbonyl (C=O) groups excluding carboxylic acids is 2. The minimum atomic E-state index is -0.401. The van der Waals surface area contributed by atoms with E-state index in [0.717, 1.165) is 10.5 Å². The number of rotatable bonds is 7. The summed E-state index contributed by atoms with van der Waals surface area (Å²) in [6.07, 6.45) is 0.711. The molecular weight excluding hydrogens is 346 g/mol. The van der Waals surface area contributed by atoms with Gasteiger partial charge < -0.3 is 16.4 Å². The number of hydrogen-bond acceptors (Lipinski definition) is 3. The number of nitrogens with one attached hydrogen (secondary N) is 2. The zero-order chi connectivity index (χ0) is 17.4. The van der Waals surface area contributed by atoms with Crippen LogP contribution in [0.25, 0.3) is 0 Å². The number of nitrogens with two attached hydrogens (primary N) is 1. The molecule has 0 aliphatic heterocycles. The molecule has 0 aliphatic carbocycles. The SMILES string of the molecule is NC(=O)CSc1ccccc1NC(=O)NCCc1ccc(Cl)cc1. The van der Waals surface area contributed by atoms with Crippen molar-refractivity contribution in [2.75, 3.05) is 17.6 Å². The molecule has 0 fully saturated rings. The van der Waals surface area contributed by atoms with Gasteiger partial charge in [-0.05, 0) is 36.2 Å². The van der Waals surface area contributed by atoms with Gasteiger partial charge in [-0.3, -0.25) is 4.79 Å². The quantitative estimate of drug-likeness (QED) is 0.660. The van der Waals surface area contributed by atoms with Crippen LogP contribution in [0.4, 0.5) is 10.5 Å². The molecule has 126 valence electrons. The van der Waals surface area contributed by atoms with E-state index in [1.807, 2.05) is 42.5 Å². The number of hydrogen-bond donors (Lipinski definition) is 3. The molecule has 0 heterocycles. The number of halogens is 1. The number of para-hydroxylation sites is 1. The summed E-state index contributed by atoms with van der Waals surface area (Å²) in [5, 5.41) is 6.28. The lowest BCUT2D eigenvalue weighted by Crippen LogP contribution is -2.30. The smallest absolute Gasteiger partial charge is 0.319 e. The zero-order valence-electron chi connectivity index (χ0n) is 12.9. The van der Waals surface area contributed by atoms with Crippen LogP contribution in [0.1, 0.15) is 5.56 Å². The summed E-state index contributed by atoms with van der Waals surface area (Å²) >= 11 is 7.13. The summed E-state index contributed by atoms with van der Waals surface area (Å²) < 4.78 is 0. The molecule has 2 aromatic rings. The third-order valence-electron chi connectivity index (χ3n) is 3.12. The van der Waals surface area contributed by atoms with Crippen molar-refractivity contribution in [1.29, 1.82) is 0 Å². The summed E-state index contributed by atoms with van der Waals surface area (Å²) in [7, 11) is 0. The first-order valence-electron chi connectivity index (χ1n) is 7.34. The molecule has 0 aromatic heterocycles. The molecule has 4 N–H and O–H groups in total. The standard InChI is InChI=1S/C17H18ClN3O2S/c18-13-7-5-12(6-8-13)9-10-20-17(23)21-14-3-1-2-4-15(14)24-11-16(19)22/h1-8H,9-11H2,(H2,19,22)(H2,20,21,23). The predicted molar refractivity (Wildman–Crippen MR) is 98.5 cm³/mol. The Labute approximate surface area is 150 Å². The first kappa shape index (κ1) is 18.2. The monoisotopic (exact) mass is 363 g/mol. The van der Waals surface area contributed by atoms with Gasteiger partial charge in [0.15, 0.2) is 0 Å². The Kier molecular flexibility index (Phi) is 6.96. The molecule has 2 rings (SSSR count). The Bertz CT molecular complexity index is 707. The van der Waals surface area contributed by atoms with E-state index in [0.29, 0.717) is 23.7 Å². The van der Waals surface area contributed by atoms with E-state index < -0.39 is 5.91 Å². The Balaban J connectivity index is 1.83. The number of amides is 3. The molecule has 0 saturated heterocycles. The number of benzene rings is 2. The van der Waals surface area contributed by atoms with Gasteiger partial charge in [-0.1, -0.05) is 35.9 Å². The van der Waals surface area contributed by atoms with Crippen molar-refractivity contribution < 1.29 is 9.59 Å². The maximum Gasteiger partial charge on any atom is 0.319 e. The molecule has 5 nitrogen and oxygen atoms in total. The van der Waals surface area contributed by atoms with Gasteiger partial charge in [-0.15, -0.1) is 11.8 Å². The number of carbonyl (C=O) groups is 2. The number of primary amides is 1. The minimum Gasteiger partial charge on any atom is -0.369 e. The molecule has 0 unspecified atom stereocenters. The molecule has 0 radical (unpaired) electrons. The van der Waals surface area contributed by atoms with Crippen LogP contribution in [-0.4, -0.2) is 24.2 Å². The van der Waals surface area contributed by atoms with Gasteiger partial charge in [-0.25, -0.2) is 4.79 Å². The molecule has 3 amide bonds. The van der Waals surface area contributed by atoms with Crippen LogP contribution < -0.4 is 16.4 Å². The molecule has 0 aliphatic rings. The van der Waals surface area contributed by atoms with Gasteiger partial charge in [-0.2, -0.15) is 0 Å². The zero-order valence-corrected chi connectivity index (χ0v) is 14.5. The lowest BCUT2D eigenvalue weighted by molar-refractivity contribution is -0.115. The number of anilines is 1. The third-order valence-corrected chi connectivity index (χ3v) is 4.47. The summed E-state index contributed by atoms with van der Waals surface area (Å²) in [5.41, 5.74) is 6.89. The van der Waals surface area contributed by atoms with Gasteiger partial charge >= 0.3 is 6.03 Å². The lowest BCUT2D eigenvalue weighted by atomic mass is 10.1. The second-order valence-corrected chi connectivity index (χ2v) is 6.46. The minimum absolute atomic E-state index is 0.164. The Morgan fingerprint density at radius 1 is 1.08 bits per heavy atom. The Morgan fingerprint density at radius 2 is 1.79 bits per heavy atom. The average molecular weight is 364 g/mol. The highest BCUT2D eigenvalue weighted by Crippen LogP contribution is 2.26. The topological polar surface area (TPSA) is 84.2 Å². The third kappa shape index (κ3) is 6.14. The van der Waals surface area contributed by atoms with Gasteiger partial charge in [0, 0.05) is 16.5 Å². The van der Waals surface area contributed by atoms with Crippen LogP contribution in [-0.2, 0) is 11.2 Å². The molecule has 0 saturated carbocycles. The van der Waals surface area contributed by atoms with Crippen molar-refractivity contribution in [3.8, 4) is 0 Å². The molecule has 7 heteroatoms. The maximum atomic E-state index is 12.0. The molecule has 0 bridgehead atoms. The molecular formula is C17H18ClN3O2S. The Morgan fingerprint density at radius 3 is 2.50 bits per heavy atom. The van der Waals surface area contributed by atoms with Crippen LogP contribution in [0, 0.1) is 0 Å². The fourth-order valence-electron chi connectivity index (χ4n) is 1.98. The molecule has 0 atom stereocenters. The van der Waals surface area contributed by atoms with Gasteiger partial charge in [0.25, 0.3) is 0 Å². The average Bonchev–Trinajstić information content (AvgIpc) is 2.56. The fourth-order valence-corrected chi connectivity index (χ4v) is 2.86. The van der Waals surface area contributed by atoms with Crippen LogP contribution >= 0.6 is 23.4 Å². The van der Waals surface area contributed by atoms with Crippen molar-refractivity contribution in [1.82, 2.24) is 5.32 Å². The highest BCUT2D eigenvalue weighted by Gasteiger charge is 2.07. The van der Waals surface area contributed by atoms with Crippen LogP contribution in [0.5, 0.6) is 0 Å². The van der Waals surface area contributed by atoms with E-state index in [-0.39, 0.29) is 11.8 Å². The maximum absolute atomic E-state index is 12.0. The second-order valence-electron chi connectivity index (χ2n) is 5.01. The lowest BCUT2D eigenvalue weighted by Gasteiger charge is -2.11. The molecule has 0 spiro atoms. The van der Waals surface area contributed by atoms with E-state index in [1.54, 1.807) is 6.07 Å². The first-order chi connectivity index (χ1) is 11.5. The number of urea groups is 1. The number of thioether (sulfide) groups is 1. The van der Waals surface area contributed by atoms with Gasteiger partial charge in [0.1, 0.15) is 0 Å². The van der Waals surface area contributed by atoms with E-state index in [2.05, 4.69) is 10.6 Å². The van der Waals surface area contributed by atoms with Crippen molar-refractivity contribution in [3.05, 3.63) is 59.1 Å². The summed E-state index contributed by atoms with van der Waals surface area (Å²) in [5.74, 6) is -0.237.